The van der Waals surface area contributed by atoms with Gasteiger partial charge in [-0.25, -0.2) is 11.4 Å². The number of amides is 1. The van der Waals surface area contributed by atoms with Crippen LogP contribution in [-0.4, -0.2) is 24.3 Å². The van der Waals surface area contributed by atoms with Crippen LogP contribution in [0.1, 0.15) is 52.9 Å². The number of alkyl carbamates (subject to hydrolysis) is 1. The van der Waals surface area contributed by atoms with Crippen molar-refractivity contribution in [2.45, 2.75) is 64.5 Å². The molecule has 0 aromatic carbocycles. The number of carbonyl (C=O) groups excluding carboxylic acids is 1. The second kappa shape index (κ2) is 6.63. The van der Waals surface area contributed by atoms with Crippen LogP contribution in [0.2, 0.25) is 0 Å². The number of rotatable bonds is 3. The molecular weight excluding hydrogens is 228 g/mol. The molecule has 4 nitrogen and oxygen atoms in total. The topological polar surface area (TPSA) is 42.7 Å². The van der Waals surface area contributed by atoms with Crippen LogP contribution < -0.4 is 5.32 Å². The first kappa shape index (κ1) is 14.8. The summed E-state index contributed by atoms with van der Waals surface area (Å²) < 4.78 is 5.17. The van der Waals surface area contributed by atoms with Gasteiger partial charge in [0.15, 0.2) is 0 Å². The summed E-state index contributed by atoms with van der Waals surface area (Å²) in [5, 5.41) is 2.71. The van der Waals surface area contributed by atoms with E-state index < -0.39 is 11.7 Å². The molecule has 1 aliphatic rings. The first-order valence-corrected chi connectivity index (χ1v) is 6.76. The first-order chi connectivity index (χ1) is 8.42. The summed E-state index contributed by atoms with van der Waals surface area (Å²) in [6.07, 6.45) is 5.51. The molecule has 4 heteroatoms. The van der Waals surface area contributed by atoms with E-state index in [1.807, 2.05) is 20.8 Å². The van der Waals surface area contributed by atoms with Gasteiger partial charge in [0.25, 0.3) is 0 Å². The van der Waals surface area contributed by atoms with Gasteiger partial charge < -0.3 is 14.9 Å². The summed E-state index contributed by atoms with van der Waals surface area (Å²) in [4.78, 5) is 15.2. The minimum Gasteiger partial charge on any atom is -0.444 e. The molecule has 1 atom stereocenters. The molecule has 0 heterocycles. The normalized spacial score (nSPS) is 18.8. The zero-order valence-electron chi connectivity index (χ0n) is 11.7. The molecule has 1 N–H and O–H groups in total. The fourth-order valence-corrected chi connectivity index (χ4v) is 2.34. The van der Waals surface area contributed by atoms with E-state index in [0.29, 0.717) is 12.5 Å². The Morgan fingerprint density at radius 3 is 2.50 bits per heavy atom. The van der Waals surface area contributed by atoms with Crippen molar-refractivity contribution < 1.29 is 9.53 Å². The van der Waals surface area contributed by atoms with Crippen molar-refractivity contribution in [1.82, 2.24) is 5.32 Å². The van der Waals surface area contributed by atoms with Crippen LogP contribution in [0.15, 0.2) is 0 Å². The first-order valence-electron chi connectivity index (χ1n) is 6.76. The summed E-state index contributed by atoms with van der Waals surface area (Å²) in [7, 11) is 0. The second-order valence-electron chi connectivity index (χ2n) is 5.98. The van der Waals surface area contributed by atoms with Crippen molar-refractivity contribution in [2.75, 3.05) is 6.54 Å². The van der Waals surface area contributed by atoms with Crippen molar-refractivity contribution in [2.24, 2.45) is 5.92 Å². The van der Waals surface area contributed by atoms with Crippen LogP contribution in [-0.2, 0) is 4.74 Å². The van der Waals surface area contributed by atoms with E-state index in [0.717, 1.165) is 12.8 Å². The molecule has 0 saturated heterocycles. The molecule has 1 aliphatic carbocycles. The molecule has 18 heavy (non-hydrogen) atoms. The predicted molar refractivity (Wildman–Crippen MR) is 71.2 cm³/mol. The lowest BCUT2D eigenvalue weighted by molar-refractivity contribution is 0.0522. The monoisotopic (exact) mass is 252 g/mol. The summed E-state index contributed by atoms with van der Waals surface area (Å²) in [5.41, 5.74) is -0.484. The van der Waals surface area contributed by atoms with Crippen molar-refractivity contribution in [3.8, 4) is 0 Å². The minimum absolute atomic E-state index is 0.0992. The molecule has 1 rings (SSSR count). The standard InChI is InChI=1S/C14H24N2O2/c1-14(2,3)18-13(17)16-10-12(15-4)11-8-6-5-7-9-11/h11-12H,5-10H2,1-3H3,(H,16,17). The molecule has 1 fully saturated rings. The molecule has 0 aromatic heterocycles. The molecule has 0 aromatic rings. The van der Waals surface area contributed by atoms with Gasteiger partial charge in [-0.2, -0.15) is 0 Å². The number of ether oxygens (including phenoxy) is 1. The van der Waals surface area contributed by atoms with Crippen molar-refractivity contribution in [1.29, 1.82) is 0 Å². The third-order valence-corrected chi connectivity index (χ3v) is 3.21. The average Bonchev–Trinajstić information content (AvgIpc) is 2.29. The molecule has 0 spiro atoms. The Kier molecular flexibility index (Phi) is 5.46. The number of hydrogen-bond acceptors (Lipinski definition) is 2. The highest BCUT2D eigenvalue weighted by molar-refractivity contribution is 5.67. The maximum atomic E-state index is 11.5. The van der Waals surface area contributed by atoms with Crippen LogP contribution in [0.4, 0.5) is 4.79 Å². The summed E-state index contributed by atoms with van der Waals surface area (Å²) in [6.45, 7) is 13.2. The fraction of sp³-hybridized carbons (Fsp3) is 0.857. The van der Waals surface area contributed by atoms with Crippen LogP contribution in [0, 0.1) is 12.5 Å². The molecule has 1 unspecified atom stereocenters. The minimum atomic E-state index is -0.484. The van der Waals surface area contributed by atoms with Crippen molar-refractivity contribution >= 4 is 6.09 Å². The smallest absolute Gasteiger partial charge is 0.407 e. The van der Waals surface area contributed by atoms with Gasteiger partial charge in [0.1, 0.15) is 5.60 Å². The van der Waals surface area contributed by atoms with E-state index in [1.54, 1.807) is 0 Å². The lowest BCUT2D eigenvalue weighted by Gasteiger charge is -2.24. The van der Waals surface area contributed by atoms with E-state index in [9.17, 15) is 4.79 Å². The predicted octanol–water partition coefficient (Wildman–Crippen LogP) is 3.38. The van der Waals surface area contributed by atoms with Crippen LogP contribution in [0.25, 0.3) is 4.85 Å². The van der Waals surface area contributed by atoms with E-state index in [-0.39, 0.29) is 6.04 Å². The number of carbonyl (C=O) groups is 1. The molecule has 0 aliphatic heterocycles. The third kappa shape index (κ3) is 5.39. The van der Waals surface area contributed by atoms with Gasteiger partial charge in [-0.15, -0.1) is 0 Å². The highest BCUT2D eigenvalue weighted by Crippen LogP contribution is 2.27. The van der Waals surface area contributed by atoms with Crippen molar-refractivity contribution in [3.05, 3.63) is 11.4 Å². The molecule has 0 radical (unpaired) electrons. The largest absolute Gasteiger partial charge is 0.444 e. The van der Waals surface area contributed by atoms with E-state index in [4.69, 9.17) is 11.3 Å². The fourth-order valence-electron chi connectivity index (χ4n) is 2.34. The van der Waals surface area contributed by atoms with Crippen LogP contribution in [0.5, 0.6) is 0 Å². The van der Waals surface area contributed by atoms with E-state index in [2.05, 4.69) is 10.2 Å². The van der Waals surface area contributed by atoms with Gasteiger partial charge in [-0.05, 0) is 33.6 Å². The zero-order valence-corrected chi connectivity index (χ0v) is 11.7. The third-order valence-electron chi connectivity index (χ3n) is 3.21. The van der Waals surface area contributed by atoms with Crippen LogP contribution >= 0.6 is 0 Å². The Labute approximate surface area is 110 Å². The van der Waals surface area contributed by atoms with Gasteiger partial charge in [0, 0.05) is 5.92 Å². The quantitative estimate of drug-likeness (QED) is 0.782. The van der Waals surface area contributed by atoms with Gasteiger partial charge >= 0.3 is 6.09 Å². The number of nitrogens with zero attached hydrogens (tertiary/aromatic N) is 1. The van der Waals surface area contributed by atoms with Gasteiger partial charge in [0.2, 0.25) is 6.04 Å². The van der Waals surface area contributed by atoms with Crippen LogP contribution in [0.3, 0.4) is 0 Å². The summed E-state index contributed by atoms with van der Waals surface area (Å²) in [5.74, 6) is 0.436. The molecule has 102 valence electrons. The average molecular weight is 252 g/mol. The maximum Gasteiger partial charge on any atom is 0.407 e. The Bertz CT molecular complexity index is 309. The summed E-state index contributed by atoms with van der Waals surface area (Å²) in [6, 6.07) is -0.0992. The molecule has 1 amide bonds. The molecule has 1 saturated carbocycles. The molecular formula is C14H24N2O2. The second-order valence-corrected chi connectivity index (χ2v) is 5.98. The Morgan fingerprint density at radius 1 is 1.39 bits per heavy atom. The highest BCUT2D eigenvalue weighted by atomic mass is 16.6. The Balaban J connectivity index is 2.35. The number of nitrogens with one attached hydrogen (secondary N) is 1. The van der Waals surface area contributed by atoms with Crippen molar-refractivity contribution in [3.63, 3.8) is 0 Å². The molecule has 0 bridgehead atoms. The van der Waals surface area contributed by atoms with Gasteiger partial charge in [-0.1, -0.05) is 19.3 Å². The summed E-state index contributed by atoms with van der Waals surface area (Å²) >= 11 is 0. The SMILES string of the molecule is [C-]#[N+]C(CNC(=O)OC(C)(C)C)C1CCCCC1. The maximum absolute atomic E-state index is 11.5. The zero-order chi connectivity index (χ0) is 13.6. The Morgan fingerprint density at radius 2 is 2.00 bits per heavy atom. The Hall–Kier alpha value is -1.24. The number of hydrogen-bond donors (Lipinski definition) is 1. The lowest BCUT2D eigenvalue weighted by Crippen LogP contribution is -2.38. The van der Waals surface area contributed by atoms with E-state index in [1.165, 1.54) is 19.3 Å². The van der Waals surface area contributed by atoms with Gasteiger partial charge in [0.05, 0.1) is 6.54 Å². The highest BCUT2D eigenvalue weighted by Gasteiger charge is 2.28. The van der Waals surface area contributed by atoms with E-state index >= 15 is 0 Å². The lowest BCUT2D eigenvalue weighted by atomic mass is 9.84. The van der Waals surface area contributed by atoms with Gasteiger partial charge in [-0.3, -0.25) is 0 Å².